The number of aryl methyl sites for hydroxylation is 1. The van der Waals surface area contributed by atoms with Crippen LogP contribution in [0.15, 0.2) is 24.3 Å². The summed E-state index contributed by atoms with van der Waals surface area (Å²) in [7, 11) is -2.96. The van der Waals surface area contributed by atoms with E-state index in [4.69, 9.17) is 17.0 Å². The zero-order chi connectivity index (χ0) is 17.9. The third-order valence-electron chi connectivity index (χ3n) is 4.95. The second-order valence-electron chi connectivity index (χ2n) is 6.82. The monoisotopic (exact) mass is 382 g/mol. The number of nitrogens with zero attached hydrogens (tertiary/aromatic N) is 1. The highest BCUT2D eigenvalue weighted by atomic mass is 32.2. The van der Waals surface area contributed by atoms with E-state index in [9.17, 15) is 8.42 Å². The van der Waals surface area contributed by atoms with Gasteiger partial charge in [0, 0.05) is 24.9 Å². The summed E-state index contributed by atoms with van der Waals surface area (Å²) in [5.74, 6) is 0.420. The highest BCUT2D eigenvalue weighted by molar-refractivity contribution is 7.91. The van der Waals surface area contributed by atoms with Crippen molar-refractivity contribution in [3.05, 3.63) is 29.8 Å². The van der Waals surface area contributed by atoms with E-state index in [1.165, 1.54) is 5.56 Å². The topological polar surface area (TPSA) is 58.6 Å². The van der Waals surface area contributed by atoms with E-state index in [1.54, 1.807) is 0 Å². The first-order chi connectivity index (χ1) is 12.0. The van der Waals surface area contributed by atoms with Crippen molar-refractivity contribution >= 4 is 32.9 Å². The molecule has 1 aromatic carbocycles. The van der Waals surface area contributed by atoms with E-state index < -0.39 is 9.84 Å². The van der Waals surface area contributed by atoms with Gasteiger partial charge in [0.2, 0.25) is 0 Å². The van der Waals surface area contributed by atoms with Crippen LogP contribution in [0.1, 0.15) is 31.7 Å². The smallest absolute Gasteiger partial charge is 0.173 e. The van der Waals surface area contributed by atoms with Crippen LogP contribution in [0.2, 0.25) is 0 Å². The Kier molecular flexibility index (Phi) is 5.96. The summed E-state index contributed by atoms with van der Waals surface area (Å²) in [5, 5.41) is 3.86. The first kappa shape index (κ1) is 18.6. The average Bonchev–Trinajstić information content (AvgIpc) is 3.22. The summed E-state index contributed by atoms with van der Waals surface area (Å²) < 4.78 is 29.6. The number of ether oxygens (including phenoxy) is 1. The van der Waals surface area contributed by atoms with Crippen LogP contribution >= 0.6 is 12.2 Å². The molecule has 0 aromatic heterocycles. The minimum atomic E-state index is -2.96. The maximum Gasteiger partial charge on any atom is 0.173 e. The van der Waals surface area contributed by atoms with Gasteiger partial charge in [0.1, 0.15) is 0 Å². The van der Waals surface area contributed by atoms with Gasteiger partial charge in [0.25, 0.3) is 0 Å². The van der Waals surface area contributed by atoms with Crippen LogP contribution in [-0.2, 0) is 21.0 Å². The van der Waals surface area contributed by atoms with Crippen molar-refractivity contribution < 1.29 is 13.2 Å². The summed E-state index contributed by atoms with van der Waals surface area (Å²) >= 11 is 5.63. The Hall–Kier alpha value is -1.18. The van der Waals surface area contributed by atoms with Gasteiger partial charge in [-0.2, -0.15) is 0 Å². The van der Waals surface area contributed by atoms with Crippen molar-refractivity contribution in [3.8, 4) is 0 Å². The first-order valence-electron chi connectivity index (χ1n) is 8.95. The van der Waals surface area contributed by atoms with E-state index in [0.717, 1.165) is 31.6 Å². The molecule has 0 unspecified atom stereocenters. The van der Waals surface area contributed by atoms with Crippen LogP contribution in [0.25, 0.3) is 0 Å². The van der Waals surface area contributed by atoms with Crippen LogP contribution < -0.4 is 5.32 Å². The van der Waals surface area contributed by atoms with Gasteiger partial charge in [-0.05, 0) is 55.6 Å². The lowest BCUT2D eigenvalue weighted by Crippen LogP contribution is -2.47. The van der Waals surface area contributed by atoms with Crippen molar-refractivity contribution in [3.63, 3.8) is 0 Å². The van der Waals surface area contributed by atoms with Gasteiger partial charge in [-0.25, -0.2) is 8.42 Å². The number of hydrogen-bond donors (Lipinski definition) is 1. The molecule has 2 saturated heterocycles. The summed E-state index contributed by atoms with van der Waals surface area (Å²) in [4.78, 5) is 2.03. The summed E-state index contributed by atoms with van der Waals surface area (Å²) in [6.07, 6.45) is 3.82. The molecular formula is C18H26N2O3S2. The second-order valence-corrected chi connectivity index (χ2v) is 9.44. The summed E-state index contributed by atoms with van der Waals surface area (Å²) in [6, 6.07) is 8.12. The number of anilines is 1. The third kappa shape index (κ3) is 4.92. The van der Waals surface area contributed by atoms with E-state index in [-0.39, 0.29) is 23.7 Å². The predicted molar refractivity (Wildman–Crippen MR) is 105 cm³/mol. The van der Waals surface area contributed by atoms with E-state index in [0.29, 0.717) is 18.1 Å². The number of hydrogen-bond acceptors (Lipinski definition) is 4. The van der Waals surface area contributed by atoms with Crippen molar-refractivity contribution in [2.24, 2.45) is 0 Å². The van der Waals surface area contributed by atoms with Crippen LogP contribution in [0.4, 0.5) is 5.69 Å². The number of nitrogens with one attached hydrogen (secondary N) is 1. The highest BCUT2D eigenvalue weighted by Crippen LogP contribution is 2.22. The Morgan fingerprint density at radius 2 is 2.08 bits per heavy atom. The normalized spacial score (nSPS) is 25.0. The molecular weight excluding hydrogens is 356 g/mol. The molecule has 25 heavy (non-hydrogen) atoms. The van der Waals surface area contributed by atoms with Crippen molar-refractivity contribution in [2.75, 3.05) is 30.0 Å². The Bertz CT molecular complexity index is 698. The molecule has 1 N–H and O–H groups in total. The second kappa shape index (κ2) is 8.01. The number of rotatable bonds is 5. The quantitative estimate of drug-likeness (QED) is 0.790. The zero-order valence-corrected chi connectivity index (χ0v) is 16.2. The molecule has 2 aliphatic heterocycles. The van der Waals surface area contributed by atoms with Gasteiger partial charge in [-0.3, -0.25) is 0 Å². The number of sulfone groups is 1. The molecule has 2 heterocycles. The fourth-order valence-corrected chi connectivity index (χ4v) is 5.52. The van der Waals surface area contributed by atoms with Crippen LogP contribution in [0.3, 0.4) is 0 Å². The van der Waals surface area contributed by atoms with Crippen molar-refractivity contribution in [2.45, 2.75) is 44.8 Å². The lowest BCUT2D eigenvalue weighted by Gasteiger charge is -2.33. The maximum atomic E-state index is 11.9. The molecule has 0 saturated carbocycles. The highest BCUT2D eigenvalue weighted by Gasteiger charge is 2.35. The molecule has 0 bridgehead atoms. The summed E-state index contributed by atoms with van der Waals surface area (Å²) in [5.41, 5.74) is 2.20. The number of benzene rings is 1. The Morgan fingerprint density at radius 1 is 1.32 bits per heavy atom. The van der Waals surface area contributed by atoms with E-state index >= 15 is 0 Å². The molecule has 0 radical (unpaired) electrons. The van der Waals surface area contributed by atoms with Crippen LogP contribution in [-0.4, -0.2) is 55.2 Å². The molecule has 3 rings (SSSR count). The molecule has 2 atom stereocenters. The molecule has 7 heteroatoms. The zero-order valence-electron chi connectivity index (χ0n) is 14.6. The average molecular weight is 383 g/mol. The Labute approximate surface area is 155 Å². The van der Waals surface area contributed by atoms with Crippen LogP contribution in [0, 0.1) is 0 Å². The molecule has 5 nitrogen and oxygen atoms in total. The van der Waals surface area contributed by atoms with Crippen molar-refractivity contribution in [1.29, 1.82) is 0 Å². The third-order valence-corrected chi connectivity index (χ3v) is 7.03. The lowest BCUT2D eigenvalue weighted by molar-refractivity contribution is 0.0851. The maximum absolute atomic E-state index is 11.9. The molecule has 0 spiro atoms. The van der Waals surface area contributed by atoms with Gasteiger partial charge >= 0.3 is 0 Å². The van der Waals surface area contributed by atoms with Gasteiger partial charge in [0.15, 0.2) is 14.9 Å². The van der Waals surface area contributed by atoms with Crippen LogP contribution in [0.5, 0.6) is 0 Å². The lowest BCUT2D eigenvalue weighted by atomic mass is 10.1. The number of thiocarbonyl (C=S) groups is 1. The molecule has 0 amide bonds. The molecule has 2 aliphatic rings. The Balaban J connectivity index is 1.71. The SMILES string of the molecule is CCc1ccc(NC(=S)N(C[C@@H]2CCCO2)[C@@H]2CCS(=O)(=O)C2)cc1. The molecule has 0 aliphatic carbocycles. The van der Waals surface area contributed by atoms with Gasteiger partial charge < -0.3 is 15.0 Å². The molecule has 138 valence electrons. The largest absolute Gasteiger partial charge is 0.376 e. The van der Waals surface area contributed by atoms with Crippen molar-refractivity contribution in [1.82, 2.24) is 4.90 Å². The van der Waals surface area contributed by atoms with E-state index in [2.05, 4.69) is 24.4 Å². The first-order valence-corrected chi connectivity index (χ1v) is 11.2. The standard InChI is InChI=1S/C18H26N2O3S2/c1-2-14-5-7-15(8-6-14)19-18(24)20(12-17-4-3-10-23-17)16-9-11-25(21,22)13-16/h5-8,16-17H,2-4,9-13H2,1H3,(H,19,24)/t16-,17+/m1/s1. The van der Waals surface area contributed by atoms with E-state index in [1.807, 2.05) is 17.0 Å². The van der Waals surface area contributed by atoms with Gasteiger partial charge in [-0.1, -0.05) is 19.1 Å². The molecule has 1 aromatic rings. The minimum Gasteiger partial charge on any atom is -0.376 e. The fraction of sp³-hybridized carbons (Fsp3) is 0.611. The fourth-order valence-electron chi connectivity index (χ4n) is 3.45. The summed E-state index contributed by atoms with van der Waals surface area (Å²) in [6.45, 7) is 3.55. The van der Waals surface area contributed by atoms with Gasteiger partial charge in [-0.15, -0.1) is 0 Å². The molecule has 2 fully saturated rings. The Morgan fingerprint density at radius 3 is 2.64 bits per heavy atom. The predicted octanol–water partition coefficient (Wildman–Crippen LogP) is 2.61. The minimum absolute atomic E-state index is 0.0656. The van der Waals surface area contributed by atoms with Gasteiger partial charge in [0.05, 0.1) is 17.6 Å².